The van der Waals surface area contributed by atoms with Crippen molar-refractivity contribution in [2.75, 3.05) is 19.6 Å². The van der Waals surface area contributed by atoms with Crippen LogP contribution in [0.3, 0.4) is 0 Å². The van der Waals surface area contributed by atoms with E-state index >= 15 is 0 Å². The predicted molar refractivity (Wildman–Crippen MR) is 79.3 cm³/mol. The number of aliphatic carboxylic acids is 1. The molecule has 0 aromatic carbocycles. The third-order valence-electron chi connectivity index (χ3n) is 5.64. The summed E-state index contributed by atoms with van der Waals surface area (Å²) in [7, 11) is 0. The van der Waals surface area contributed by atoms with E-state index in [1.807, 2.05) is 0 Å². The second-order valence-electron chi connectivity index (χ2n) is 7.22. The summed E-state index contributed by atoms with van der Waals surface area (Å²) in [6, 6.07) is 0.124. The van der Waals surface area contributed by atoms with Crippen LogP contribution < -0.4 is 0 Å². The zero-order valence-corrected chi connectivity index (χ0v) is 13.7. The molecule has 0 bridgehead atoms. The molecule has 0 aromatic heterocycles. The lowest BCUT2D eigenvalue weighted by molar-refractivity contribution is -0.188. The van der Waals surface area contributed by atoms with Crippen LogP contribution in [0.2, 0.25) is 0 Å². The number of carboxylic acids is 1. The zero-order valence-electron chi connectivity index (χ0n) is 13.7. The van der Waals surface area contributed by atoms with Gasteiger partial charge in [0, 0.05) is 32.1 Å². The van der Waals surface area contributed by atoms with E-state index in [1.165, 1.54) is 0 Å². The lowest BCUT2D eigenvalue weighted by Crippen LogP contribution is -2.39. The van der Waals surface area contributed by atoms with Gasteiger partial charge in [0.1, 0.15) is 0 Å². The smallest absolute Gasteiger partial charge is 0.394 e. The third-order valence-corrected chi connectivity index (χ3v) is 5.64. The Labute approximate surface area is 142 Å². The van der Waals surface area contributed by atoms with Gasteiger partial charge < -0.3 is 14.9 Å². The van der Waals surface area contributed by atoms with Crippen LogP contribution in [0.5, 0.6) is 0 Å². The van der Waals surface area contributed by atoms with Crippen LogP contribution in [0, 0.1) is 17.8 Å². The van der Waals surface area contributed by atoms with Gasteiger partial charge in [0.2, 0.25) is 11.8 Å². The minimum absolute atomic E-state index is 0.000254. The molecule has 3 rings (SSSR count). The first-order valence-electron chi connectivity index (χ1n) is 8.56. The maximum atomic E-state index is 13.0. The van der Waals surface area contributed by atoms with Crippen molar-refractivity contribution >= 4 is 17.8 Å². The molecule has 3 atom stereocenters. The minimum Gasteiger partial charge on any atom is -0.481 e. The number of hydrogen-bond acceptors (Lipinski definition) is 3. The Morgan fingerprint density at radius 1 is 1.08 bits per heavy atom. The van der Waals surface area contributed by atoms with Crippen molar-refractivity contribution in [3.63, 3.8) is 0 Å². The number of halogens is 3. The number of amides is 2. The predicted octanol–water partition coefficient (Wildman–Crippen LogP) is 1.50. The number of carboxylic acid groups (broad SMARTS) is 1. The highest BCUT2D eigenvalue weighted by atomic mass is 19.4. The Bertz CT molecular complexity index is 574. The minimum atomic E-state index is -4.67. The molecule has 25 heavy (non-hydrogen) atoms. The average Bonchev–Trinajstić information content (AvgIpc) is 3.24. The maximum Gasteiger partial charge on any atom is 0.394 e. The number of nitrogens with zero attached hydrogens (tertiary/aromatic N) is 2. The van der Waals surface area contributed by atoms with Crippen LogP contribution in [0.25, 0.3) is 0 Å². The van der Waals surface area contributed by atoms with Gasteiger partial charge in [-0.1, -0.05) is 12.8 Å². The molecule has 140 valence electrons. The fraction of sp³-hybridized carbons (Fsp3) is 0.812. The summed E-state index contributed by atoms with van der Waals surface area (Å²) in [6.07, 6.45) is -0.805. The first kappa shape index (κ1) is 18.0. The van der Waals surface area contributed by atoms with Crippen LogP contribution in [-0.4, -0.2) is 64.5 Å². The van der Waals surface area contributed by atoms with Crippen molar-refractivity contribution < 1.29 is 32.7 Å². The number of hydrogen-bond donors (Lipinski definition) is 1. The standard InChI is InChI=1S/C16H21F3N2O4/c17-16(18,19)12-8-20(7-11(12)15(24)25)14(23)9-5-13(22)21(6-9)10-3-1-2-4-10/h9-12H,1-8H2,(H,24,25)/t9?,11-,12-/m1/s1. The van der Waals surface area contributed by atoms with Gasteiger partial charge in [-0.25, -0.2) is 0 Å². The number of carbonyl (C=O) groups is 3. The Morgan fingerprint density at radius 3 is 2.24 bits per heavy atom. The number of alkyl halides is 3. The van der Waals surface area contributed by atoms with Crippen LogP contribution in [0.4, 0.5) is 13.2 Å². The molecule has 0 spiro atoms. The van der Waals surface area contributed by atoms with Gasteiger partial charge in [-0.15, -0.1) is 0 Å². The normalized spacial score (nSPS) is 31.2. The van der Waals surface area contributed by atoms with Crippen molar-refractivity contribution in [1.82, 2.24) is 9.80 Å². The molecule has 1 N–H and O–H groups in total. The summed E-state index contributed by atoms with van der Waals surface area (Å²) in [6.45, 7) is -0.868. The van der Waals surface area contributed by atoms with E-state index in [-0.39, 0.29) is 24.9 Å². The molecular weight excluding hydrogens is 341 g/mol. The van der Waals surface area contributed by atoms with E-state index in [0.29, 0.717) is 0 Å². The zero-order chi connectivity index (χ0) is 18.4. The number of carbonyl (C=O) groups excluding carboxylic acids is 2. The fourth-order valence-corrected chi connectivity index (χ4v) is 4.29. The van der Waals surface area contributed by atoms with Crippen LogP contribution in [-0.2, 0) is 14.4 Å². The first-order valence-corrected chi connectivity index (χ1v) is 8.56. The van der Waals surface area contributed by atoms with Crippen molar-refractivity contribution in [2.24, 2.45) is 17.8 Å². The van der Waals surface area contributed by atoms with Crippen molar-refractivity contribution in [3.8, 4) is 0 Å². The van der Waals surface area contributed by atoms with Crippen molar-refractivity contribution in [3.05, 3.63) is 0 Å². The van der Waals surface area contributed by atoms with E-state index in [1.54, 1.807) is 4.90 Å². The van der Waals surface area contributed by atoms with Gasteiger partial charge in [-0.3, -0.25) is 14.4 Å². The van der Waals surface area contributed by atoms with Gasteiger partial charge >= 0.3 is 12.1 Å². The summed E-state index contributed by atoms with van der Waals surface area (Å²) < 4.78 is 39.1. The quantitative estimate of drug-likeness (QED) is 0.825. The lowest BCUT2D eigenvalue weighted by Gasteiger charge is -2.25. The van der Waals surface area contributed by atoms with E-state index in [9.17, 15) is 27.6 Å². The topological polar surface area (TPSA) is 77.9 Å². The van der Waals surface area contributed by atoms with Crippen molar-refractivity contribution in [2.45, 2.75) is 44.3 Å². The molecule has 0 radical (unpaired) electrons. The van der Waals surface area contributed by atoms with E-state index in [0.717, 1.165) is 30.6 Å². The largest absolute Gasteiger partial charge is 0.481 e. The lowest BCUT2D eigenvalue weighted by atomic mass is 9.96. The molecule has 2 amide bonds. The summed E-state index contributed by atoms with van der Waals surface area (Å²) >= 11 is 0. The Balaban J connectivity index is 1.67. The SMILES string of the molecule is O=C(O)[C@@H]1CN(C(=O)C2CC(=O)N(C3CCCC3)C2)C[C@H]1C(F)(F)F. The van der Waals surface area contributed by atoms with Crippen molar-refractivity contribution in [1.29, 1.82) is 0 Å². The second-order valence-corrected chi connectivity index (χ2v) is 7.22. The van der Waals surface area contributed by atoms with E-state index < -0.39 is 48.9 Å². The summed E-state index contributed by atoms with van der Waals surface area (Å²) in [5.41, 5.74) is 0. The van der Waals surface area contributed by atoms with Crippen LogP contribution in [0.1, 0.15) is 32.1 Å². The van der Waals surface area contributed by atoms with E-state index in [2.05, 4.69) is 0 Å². The van der Waals surface area contributed by atoms with Gasteiger partial charge in [-0.05, 0) is 12.8 Å². The molecule has 2 aliphatic heterocycles. The van der Waals surface area contributed by atoms with Crippen LogP contribution >= 0.6 is 0 Å². The van der Waals surface area contributed by atoms with Gasteiger partial charge in [-0.2, -0.15) is 13.2 Å². The first-order chi connectivity index (χ1) is 11.7. The molecular formula is C16H21F3N2O4. The molecule has 9 heteroatoms. The Hall–Kier alpha value is -1.80. The molecule has 2 saturated heterocycles. The molecule has 6 nitrogen and oxygen atoms in total. The average molecular weight is 362 g/mol. The molecule has 1 unspecified atom stereocenters. The number of likely N-dealkylation sites (tertiary alicyclic amines) is 2. The van der Waals surface area contributed by atoms with Gasteiger partial charge in [0.25, 0.3) is 0 Å². The second kappa shape index (κ2) is 6.49. The Morgan fingerprint density at radius 2 is 1.72 bits per heavy atom. The summed E-state index contributed by atoms with van der Waals surface area (Å²) in [5.74, 6) is -6.59. The highest BCUT2D eigenvalue weighted by Gasteiger charge is 2.54. The molecule has 3 aliphatic rings. The summed E-state index contributed by atoms with van der Waals surface area (Å²) in [4.78, 5) is 38.5. The summed E-state index contributed by atoms with van der Waals surface area (Å²) in [5, 5.41) is 9.04. The fourth-order valence-electron chi connectivity index (χ4n) is 4.29. The maximum absolute atomic E-state index is 13.0. The molecule has 1 aliphatic carbocycles. The van der Waals surface area contributed by atoms with Gasteiger partial charge in [0.15, 0.2) is 0 Å². The Kier molecular flexibility index (Phi) is 4.68. The molecule has 0 aromatic rings. The molecule has 2 heterocycles. The van der Waals surface area contributed by atoms with E-state index in [4.69, 9.17) is 5.11 Å². The molecule has 3 fully saturated rings. The van der Waals surface area contributed by atoms with Crippen LogP contribution in [0.15, 0.2) is 0 Å². The molecule has 1 saturated carbocycles. The highest BCUT2D eigenvalue weighted by Crippen LogP contribution is 2.39. The monoisotopic (exact) mass is 362 g/mol. The highest BCUT2D eigenvalue weighted by molar-refractivity contribution is 5.90. The van der Waals surface area contributed by atoms with Gasteiger partial charge in [0.05, 0.1) is 17.8 Å². The number of rotatable bonds is 3. The third kappa shape index (κ3) is 3.46.